The quantitative estimate of drug-likeness (QED) is 0.373. The van der Waals surface area contributed by atoms with Crippen molar-refractivity contribution in [2.24, 2.45) is 5.92 Å². The van der Waals surface area contributed by atoms with Crippen molar-refractivity contribution in [3.8, 4) is 0 Å². The first kappa shape index (κ1) is 23.7. The number of piperidine rings is 1. The predicted molar refractivity (Wildman–Crippen MR) is 122 cm³/mol. The Kier molecular flexibility index (Phi) is 6.55. The van der Waals surface area contributed by atoms with E-state index < -0.39 is 22.8 Å². The van der Waals surface area contributed by atoms with E-state index in [1.807, 2.05) is 4.90 Å². The Morgan fingerprint density at radius 3 is 2.65 bits per heavy atom. The van der Waals surface area contributed by atoms with Gasteiger partial charge in [-0.15, -0.1) is 0 Å². The molecule has 13 heteroatoms. The van der Waals surface area contributed by atoms with Gasteiger partial charge < -0.3 is 10.2 Å². The molecule has 0 saturated carbocycles. The van der Waals surface area contributed by atoms with E-state index in [1.54, 1.807) is 6.07 Å². The van der Waals surface area contributed by atoms with Gasteiger partial charge in [-0.25, -0.2) is 14.8 Å². The van der Waals surface area contributed by atoms with E-state index in [2.05, 4.69) is 27.5 Å². The molecule has 180 valence electrons. The first-order valence-corrected chi connectivity index (χ1v) is 11.3. The lowest BCUT2D eigenvalue weighted by Crippen LogP contribution is -2.35. The fraction of sp³-hybridized carbons (Fsp3) is 0.381. The number of benzene rings is 1. The maximum absolute atomic E-state index is 13.2. The van der Waals surface area contributed by atoms with Gasteiger partial charge in [0.2, 0.25) is 0 Å². The number of nitro groups is 1. The van der Waals surface area contributed by atoms with Crippen LogP contribution in [0.2, 0.25) is 0 Å². The molecule has 34 heavy (non-hydrogen) atoms. The summed E-state index contributed by atoms with van der Waals surface area (Å²) in [6.07, 6.45) is -2.89. The second-order valence-electron chi connectivity index (χ2n) is 8.05. The number of carbonyl (C=O) groups is 1. The SMILES string of the molecule is CC1CCN(c2nc(C(F)(F)F)ccc2CNC(=O)Nc2nc3c([N+](=O)[O-])cccc3s2)CC1. The van der Waals surface area contributed by atoms with Crippen LogP contribution in [-0.4, -0.2) is 34.0 Å². The van der Waals surface area contributed by atoms with Crippen LogP contribution in [0.25, 0.3) is 10.2 Å². The normalized spacial score (nSPS) is 14.9. The fourth-order valence-corrected chi connectivity index (χ4v) is 4.60. The van der Waals surface area contributed by atoms with Crippen LogP contribution >= 0.6 is 11.3 Å². The van der Waals surface area contributed by atoms with Crippen LogP contribution in [0.15, 0.2) is 30.3 Å². The number of pyridine rings is 1. The van der Waals surface area contributed by atoms with E-state index in [0.29, 0.717) is 29.3 Å². The second kappa shape index (κ2) is 9.41. The number of non-ortho nitro benzene ring substituents is 1. The van der Waals surface area contributed by atoms with Gasteiger partial charge in [-0.05, 0) is 30.9 Å². The molecular formula is C21H21F3N6O3S. The minimum absolute atomic E-state index is 0.0522. The number of fused-ring (bicyclic) bond motifs is 1. The van der Waals surface area contributed by atoms with E-state index in [4.69, 9.17) is 0 Å². The van der Waals surface area contributed by atoms with Crippen LogP contribution in [-0.2, 0) is 12.7 Å². The largest absolute Gasteiger partial charge is 0.433 e. The molecule has 2 amide bonds. The van der Waals surface area contributed by atoms with E-state index in [1.165, 1.54) is 18.2 Å². The number of nitrogens with zero attached hydrogens (tertiary/aromatic N) is 4. The fourth-order valence-electron chi connectivity index (χ4n) is 3.72. The van der Waals surface area contributed by atoms with Crippen LogP contribution in [0.1, 0.15) is 31.0 Å². The number of para-hydroxylation sites is 1. The van der Waals surface area contributed by atoms with Crippen molar-refractivity contribution >= 4 is 44.2 Å². The van der Waals surface area contributed by atoms with Crippen molar-refractivity contribution < 1.29 is 22.9 Å². The zero-order chi connectivity index (χ0) is 24.5. The highest BCUT2D eigenvalue weighted by molar-refractivity contribution is 7.22. The topological polar surface area (TPSA) is 113 Å². The van der Waals surface area contributed by atoms with Crippen molar-refractivity contribution in [3.63, 3.8) is 0 Å². The Hall–Kier alpha value is -3.48. The van der Waals surface area contributed by atoms with E-state index in [-0.39, 0.29) is 28.7 Å². The number of urea groups is 1. The van der Waals surface area contributed by atoms with Crippen molar-refractivity contribution in [2.75, 3.05) is 23.3 Å². The van der Waals surface area contributed by atoms with Gasteiger partial charge in [-0.2, -0.15) is 13.2 Å². The number of carbonyl (C=O) groups excluding carboxylic acids is 1. The van der Waals surface area contributed by atoms with Crippen molar-refractivity contribution in [1.29, 1.82) is 0 Å². The summed E-state index contributed by atoms with van der Waals surface area (Å²) in [5.74, 6) is 0.691. The molecule has 4 rings (SSSR count). The standard InChI is InChI=1S/C21H21F3N6O3S/c1-12-7-9-29(10-8-12)18-13(5-6-16(26-18)21(22,23)24)11-25-19(31)28-20-27-17-14(30(32)33)3-2-4-15(17)34-20/h2-6,12H,7-11H2,1H3,(H2,25,27,28,31). The maximum Gasteiger partial charge on any atom is 0.433 e. The van der Waals surface area contributed by atoms with Gasteiger partial charge in [-0.1, -0.05) is 30.4 Å². The molecule has 0 aliphatic carbocycles. The van der Waals surface area contributed by atoms with Gasteiger partial charge >= 0.3 is 12.2 Å². The zero-order valence-corrected chi connectivity index (χ0v) is 18.9. The third kappa shape index (κ3) is 5.19. The lowest BCUT2D eigenvalue weighted by atomic mass is 9.99. The molecule has 1 aromatic carbocycles. The van der Waals surface area contributed by atoms with E-state index >= 15 is 0 Å². The molecule has 1 aliphatic rings. The molecule has 2 aromatic heterocycles. The summed E-state index contributed by atoms with van der Waals surface area (Å²) in [7, 11) is 0. The Bertz CT molecular complexity index is 1220. The molecule has 0 spiro atoms. The van der Waals surface area contributed by atoms with Crippen molar-refractivity contribution in [2.45, 2.75) is 32.5 Å². The number of alkyl halides is 3. The summed E-state index contributed by atoms with van der Waals surface area (Å²) in [5, 5.41) is 16.5. The van der Waals surface area contributed by atoms with Gasteiger partial charge in [0.25, 0.3) is 5.69 Å². The minimum atomic E-state index is -4.57. The van der Waals surface area contributed by atoms with Gasteiger partial charge in [0.1, 0.15) is 11.5 Å². The summed E-state index contributed by atoms with van der Waals surface area (Å²) in [4.78, 5) is 32.9. The average Bonchev–Trinajstić information content (AvgIpc) is 3.19. The van der Waals surface area contributed by atoms with Gasteiger partial charge in [0.15, 0.2) is 10.6 Å². The van der Waals surface area contributed by atoms with Crippen LogP contribution in [0.3, 0.4) is 0 Å². The monoisotopic (exact) mass is 494 g/mol. The number of anilines is 2. The first-order chi connectivity index (χ1) is 16.1. The van der Waals surface area contributed by atoms with E-state index in [0.717, 1.165) is 30.2 Å². The summed E-state index contributed by atoms with van der Waals surface area (Å²) in [6, 6.07) is 6.10. The first-order valence-electron chi connectivity index (χ1n) is 10.5. The smallest absolute Gasteiger partial charge is 0.356 e. The number of thiazole rings is 1. The van der Waals surface area contributed by atoms with Gasteiger partial charge in [0.05, 0.1) is 9.62 Å². The molecule has 3 aromatic rings. The summed E-state index contributed by atoms with van der Waals surface area (Å²) in [6.45, 7) is 3.21. The summed E-state index contributed by atoms with van der Waals surface area (Å²) < 4.78 is 40.3. The van der Waals surface area contributed by atoms with Crippen LogP contribution in [0.4, 0.5) is 34.6 Å². The van der Waals surface area contributed by atoms with Crippen LogP contribution < -0.4 is 15.5 Å². The minimum Gasteiger partial charge on any atom is -0.356 e. The Labute approximate surface area is 196 Å². The molecule has 1 aliphatic heterocycles. The second-order valence-corrected chi connectivity index (χ2v) is 9.08. The number of halogens is 3. The molecule has 0 radical (unpaired) electrons. The predicted octanol–water partition coefficient (Wildman–Crippen LogP) is 5.18. The van der Waals surface area contributed by atoms with E-state index in [9.17, 15) is 28.1 Å². The number of rotatable bonds is 5. The number of hydrogen-bond acceptors (Lipinski definition) is 7. The number of nitro benzene ring substituents is 1. The molecular weight excluding hydrogens is 473 g/mol. The average molecular weight is 494 g/mol. The number of nitrogens with one attached hydrogen (secondary N) is 2. The molecule has 1 saturated heterocycles. The molecule has 3 heterocycles. The third-order valence-electron chi connectivity index (χ3n) is 5.58. The van der Waals surface area contributed by atoms with Crippen LogP contribution in [0, 0.1) is 16.0 Å². The highest BCUT2D eigenvalue weighted by atomic mass is 32.1. The number of amides is 2. The van der Waals surface area contributed by atoms with Gasteiger partial charge in [-0.3, -0.25) is 15.4 Å². The Morgan fingerprint density at radius 2 is 1.97 bits per heavy atom. The maximum atomic E-state index is 13.2. The van der Waals surface area contributed by atoms with Crippen molar-refractivity contribution in [3.05, 3.63) is 51.7 Å². The summed E-state index contributed by atoms with van der Waals surface area (Å²) >= 11 is 1.08. The van der Waals surface area contributed by atoms with Crippen molar-refractivity contribution in [1.82, 2.24) is 15.3 Å². The Balaban J connectivity index is 1.49. The molecule has 2 N–H and O–H groups in total. The highest BCUT2D eigenvalue weighted by Gasteiger charge is 2.34. The Morgan fingerprint density at radius 1 is 1.24 bits per heavy atom. The third-order valence-corrected chi connectivity index (χ3v) is 6.52. The molecule has 1 fully saturated rings. The lowest BCUT2D eigenvalue weighted by Gasteiger charge is -2.33. The molecule has 0 unspecified atom stereocenters. The number of hydrogen-bond donors (Lipinski definition) is 2. The zero-order valence-electron chi connectivity index (χ0n) is 18.1. The lowest BCUT2D eigenvalue weighted by molar-refractivity contribution is -0.383. The highest BCUT2D eigenvalue weighted by Crippen LogP contribution is 2.33. The van der Waals surface area contributed by atoms with Gasteiger partial charge in [0, 0.05) is 31.3 Å². The molecule has 9 nitrogen and oxygen atoms in total. The summed E-state index contributed by atoms with van der Waals surface area (Å²) in [5.41, 5.74) is -0.525. The molecule has 0 atom stereocenters. The van der Waals surface area contributed by atoms with Crippen LogP contribution in [0.5, 0.6) is 0 Å². The molecule has 0 bridgehead atoms. The number of aromatic nitrogens is 2.